The number of aliphatic hydroxyl groups excluding tert-OH is 1. The third-order valence-electron chi connectivity index (χ3n) is 7.00. The van der Waals surface area contributed by atoms with Gasteiger partial charge in [-0.05, 0) is 72.4 Å². The van der Waals surface area contributed by atoms with E-state index in [0.29, 0.717) is 25.0 Å². The highest BCUT2D eigenvalue weighted by Crippen LogP contribution is 2.28. The maximum absolute atomic E-state index is 12.8. The maximum atomic E-state index is 12.8. The van der Waals surface area contributed by atoms with Gasteiger partial charge in [0.2, 0.25) is 18.1 Å². The lowest BCUT2D eigenvalue weighted by atomic mass is 10.0. The Kier molecular flexibility index (Phi) is 19.3. The highest BCUT2D eigenvalue weighted by Gasteiger charge is 2.40. The first-order valence-corrected chi connectivity index (χ1v) is 14.8. The number of nitrogens with one attached hydrogen (secondary N) is 3. The van der Waals surface area contributed by atoms with E-state index in [1.165, 1.54) is 13.8 Å². The minimum Gasteiger partial charge on any atom is -0.434 e. The summed E-state index contributed by atoms with van der Waals surface area (Å²) in [5.74, 6) is -0.702. The molecule has 2 aliphatic heterocycles. The van der Waals surface area contributed by atoms with E-state index >= 15 is 0 Å². The first kappa shape index (κ1) is 39.4. The van der Waals surface area contributed by atoms with E-state index in [2.05, 4.69) is 28.5 Å². The number of rotatable bonds is 12. The fraction of sp³-hybridized carbons (Fsp3) is 0.545. The van der Waals surface area contributed by atoms with Crippen LogP contribution in [-0.2, 0) is 23.9 Å². The number of Topliss-reactive ketones (excluding diaryl/α,β-unsaturated/α-hetero) is 1. The highest BCUT2D eigenvalue weighted by molar-refractivity contribution is 6.00. The number of aliphatic hydroxyl groups is 1. The summed E-state index contributed by atoms with van der Waals surface area (Å²) < 4.78 is 4.42. The van der Waals surface area contributed by atoms with Gasteiger partial charge >= 0.3 is 5.97 Å². The van der Waals surface area contributed by atoms with Crippen molar-refractivity contribution in [2.45, 2.75) is 111 Å². The summed E-state index contributed by atoms with van der Waals surface area (Å²) in [7, 11) is 1.68. The van der Waals surface area contributed by atoms with Crippen molar-refractivity contribution >= 4 is 29.3 Å². The Bertz CT molecular complexity index is 1080. The number of ketones is 1. The summed E-state index contributed by atoms with van der Waals surface area (Å²) in [6, 6.07) is -1.05. The zero-order valence-corrected chi connectivity index (χ0v) is 26.9. The van der Waals surface area contributed by atoms with E-state index in [4.69, 9.17) is 10.5 Å². The number of amides is 2. The number of ether oxygens (including phenoxy) is 1. The largest absolute Gasteiger partial charge is 0.434 e. The molecule has 0 aromatic carbocycles. The summed E-state index contributed by atoms with van der Waals surface area (Å²) in [4.78, 5) is 48.0. The number of allylic oxidation sites excluding steroid dienone is 8. The van der Waals surface area contributed by atoms with E-state index in [-0.39, 0.29) is 48.1 Å². The summed E-state index contributed by atoms with van der Waals surface area (Å²) in [6.45, 7) is 18.0. The summed E-state index contributed by atoms with van der Waals surface area (Å²) in [5.41, 5.74) is 2.48. The van der Waals surface area contributed by atoms with Gasteiger partial charge in [-0.3, -0.25) is 19.2 Å². The minimum atomic E-state index is -0.956. The van der Waals surface area contributed by atoms with Crippen molar-refractivity contribution in [2.24, 2.45) is 0 Å². The highest BCUT2D eigenvalue weighted by atomic mass is 16.6. The third kappa shape index (κ3) is 13.5. The quantitative estimate of drug-likeness (QED) is 0.113. The second-order valence-electron chi connectivity index (χ2n) is 10.3. The second kappa shape index (κ2) is 21.1. The summed E-state index contributed by atoms with van der Waals surface area (Å²) in [6.07, 6.45) is 14.1. The number of hydrogen-bond donors (Lipinski definition) is 4. The molecule has 240 valence electrons. The van der Waals surface area contributed by atoms with Crippen molar-refractivity contribution in [3.63, 3.8) is 0 Å². The molecule has 43 heavy (non-hydrogen) atoms. The number of cyclic esters (lactones) is 1. The van der Waals surface area contributed by atoms with Gasteiger partial charge in [-0.25, -0.2) is 0 Å². The van der Waals surface area contributed by atoms with Crippen LogP contribution in [0.3, 0.4) is 0 Å². The molecule has 2 heterocycles. The topological polar surface area (TPSA) is 149 Å². The van der Waals surface area contributed by atoms with Crippen LogP contribution in [0.25, 0.3) is 0 Å². The molecule has 0 saturated carbocycles. The lowest BCUT2D eigenvalue weighted by Gasteiger charge is -2.32. The maximum Gasteiger partial charge on any atom is 0.309 e. The number of carbonyl (C=O) groups excluding carboxylic acids is 4. The van der Waals surface area contributed by atoms with Gasteiger partial charge in [-0.15, -0.1) is 6.58 Å². The fourth-order valence-electron chi connectivity index (χ4n) is 4.83. The molecule has 2 rings (SSSR count). The van der Waals surface area contributed by atoms with E-state index in [1.54, 1.807) is 31.0 Å². The van der Waals surface area contributed by atoms with Crippen LogP contribution in [0.15, 0.2) is 60.8 Å². The van der Waals surface area contributed by atoms with E-state index in [9.17, 15) is 19.2 Å². The lowest BCUT2D eigenvalue weighted by molar-refractivity contribution is -0.154. The van der Waals surface area contributed by atoms with Gasteiger partial charge in [0.25, 0.3) is 0 Å². The average molecular weight is 601 g/mol. The first-order chi connectivity index (χ1) is 20.3. The number of likely N-dealkylation sites (N-methyl/N-ethyl adjacent to an activating group) is 1. The SMILES string of the molecule is C=CC(/C=C\C)=C(/C=C\C)C(C)=N.C=CCCC(NC(C)=O)C(=O)N1C(CC)CCC1C(C)=O.CNC1CC(=O)OC1O. The Labute approximate surface area is 257 Å². The normalized spacial score (nSPS) is 22.4. The molecule has 0 bridgehead atoms. The van der Waals surface area contributed by atoms with Crippen molar-refractivity contribution < 1.29 is 29.0 Å². The molecule has 4 N–H and O–H groups in total. The average Bonchev–Trinajstić information content (AvgIpc) is 3.54. The van der Waals surface area contributed by atoms with Crippen molar-refractivity contribution in [2.75, 3.05) is 7.05 Å². The van der Waals surface area contributed by atoms with Gasteiger partial charge in [0.15, 0.2) is 5.78 Å². The van der Waals surface area contributed by atoms with Crippen LogP contribution < -0.4 is 10.6 Å². The molecular formula is C33H52N4O6. The zero-order chi connectivity index (χ0) is 33.1. The Balaban J connectivity index is 0.000000680. The van der Waals surface area contributed by atoms with Crippen LogP contribution in [0.4, 0.5) is 0 Å². The molecule has 5 atom stereocenters. The van der Waals surface area contributed by atoms with Crippen molar-refractivity contribution in [1.82, 2.24) is 15.5 Å². The van der Waals surface area contributed by atoms with Crippen LogP contribution in [0.1, 0.15) is 80.1 Å². The zero-order valence-electron chi connectivity index (χ0n) is 26.9. The van der Waals surface area contributed by atoms with E-state index in [0.717, 1.165) is 24.0 Å². The lowest BCUT2D eigenvalue weighted by Crippen LogP contribution is -2.53. The van der Waals surface area contributed by atoms with Crippen molar-refractivity contribution in [3.05, 3.63) is 60.8 Å². The van der Waals surface area contributed by atoms with Gasteiger partial charge in [-0.1, -0.05) is 50.0 Å². The molecule has 0 spiro atoms. The molecule has 0 aromatic rings. The van der Waals surface area contributed by atoms with Crippen LogP contribution in [-0.4, -0.2) is 76.8 Å². The van der Waals surface area contributed by atoms with E-state index in [1.807, 2.05) is 45.1 Å². The monoisotopic (exact) mass is 600 g/mol. The Morgan fingerprint density at radius 3 is 2.14 bits per heavy atom. The first-order valence-electron chi connectivity index (χ1n) is 14.8. The molecule has 2 amide bonds. The number of esters is 1. The molecule has 10 nitrogen and oxygen atoms in total. The molecule has 2 fully saturated rings. The second-order valence-corrected chi connectivity index (χ2v) is 10.3. The number of nitrogens with zero attached hydrogens (tertiary/aromatic N) is 1. The number of likely N-dealkylation sites (tertiary alicyclic amines) is 1. The minimum absolute atomic E-state index is 0.0181. The van der Waals surface area contributed by atoms with Gasteiger partial charge in [0.1, 0.15) is 6.04 Å². The van der Waals surface area contributed by atoms with Gasteiger partial charge < -0.3 is 30.8 Å². The molecule has 5 unspecified atom stereocenters. The van der Waals surface area contributed by atoms with Gasteiger partial charge in [-0.2, -0.15) is 0 Å². The molecule has 2 aliphatic rings. The van der Waals surface area contributed by atoms with Crippen LogP contribution in [0.5, 0.6) is 0 Å². The van der Waals surface area contributed by atoms with Gasteiger partial charge in [0.05, 0.1) is 18.5 Å². The predicted molar refractivity (Wildman–Crippen MR) is 171 cm³/mol. The van der Waals surface area contributed by atoms with Crippen molar-refractivity contribution in [3.8, 4) is 0 Å². The molecule has 10 heteroatoms. The van der Waals surface area contributed by atoms with Crippen molar-refractivity contribution in [1.29, 1.82) is 5.41 Å². The smallest absolute Gasteiger partial charge is 0.309 e. The third-order valence-corrected chi connectivity index (χ3v) is 7.00. The summed E-state index contributed by atoms with van der Waals surface area (Å²) >= 11 is 0. The van der Waals surface area contributed by atoms with Crippen LogP contribution >= 0.6 is 0 Å². The molecule has 0 aromatic heterocycles. The molecule has 2 saturated heterocycles. The van der Waals surface area contributed by atoms with Crippen LogP contribution in [0.2, 0.25) is 0 Å². The Morgan fingerprint density at radius 1 is 1.14 bits per heavy atom. The Morgan fingerprint density at radius 2 is 1.77 bits per heavy atom. The Hall–Kier alpha value is -3.63. The van der Waals surface area contributed by atoms with Gasteiger partial charge in [0, 0.05) is 24.3 Å². The van der Waals surface area contributed by atoms with Crippen LogP contribution in [0, 0.1) is 5.41 Å². The number of hydrogen-bond acceptors (Lipinski definition) is 8. The fourth-order valence-corrected chi connectivity index (χ4v) is 4.83. The summed E-state index contributed by atoms with van der Waals surface area (Å²) in [5, 5.41) is 21.9. The molecular weight excluding hydrogens is 548 g/mol. The molecule has 0 aliphatic carbocycles. The molecule has 0 radical (unpaired) electrons. The number of carbonyl (C=O) groups is 4. The van der Waals surface area contributed by atoms with E-state index < -0.39 is 12.3 Å². The predicted octanol–water partition coefficient (Wildman–Crippen LogP) is 4.32. The standard InChI is InChI=1S/C16H26N2O3.C12H17N.C5H9NO3/c1-5-7-8-14(17-12(4)20)16(21)18-13(6-2)9-10-15(18)11(3)19;1-5-8-11(7-3)12(9-6-2)10(4)13;1-6-3-2-4(7)9-5(3)8/h5,13-15H,1,6-10H2,2-4H3,(H,17,20);5-9,13H,3H2,1-2,4H3;3,5-6,8H,2H2,1H3/b;8-5-,9-6-,12-11+,13-10?;.